The van der Waals surface area contributed by atoms with Gasteiger partial charge in [-0.15, -0.1) is 11.3 Å². The summed E-state index contributed by atoms with van der Waals surface area (Å²) in [6.07, 6.45) is 1.23. The van der Waals surface area contributed by atoms with Crippen LogP contribution in [0.4, 0.5) is 0 Å². The monoisotopic (exact) mass is 370 g/mol. The van der Waals surface area contributed by atoms with Gasteiger partial charge < -0.3 is 14.1 Å². The first-order valence-electron chi connectivity index (χ1n) is 8.48. The van der Waals surface area contributed by atoms with Crippen LogP contribution in [0.5, 0.6) is 0 Å². The zero-order valence-electron chi connectivity index (χ0n) is 14.3. The molecule has 1 aliphatic rings. The van der Waals surface area contributed by atoms with Crippen molar-refractivity contribution in [1.82, 2.24) is 9.88 Å². The van der Waals surface area contributed by atoms with Crippen LogP contribution in [0, 0.1) is 5.92 Å². The number of aromatic nitrogens is 1. The first kappa shape index (κ1) is 16.8. The van der Waals surface area contributed by atoms with E-state index in [0.717, 1.165) is 15.2 Å². The van der Waals surface area contributed by atoms with Gasteiger partial charge in [0.2, 0.25) is 0 Å². The van der Waals surface area contributed by atoms with Gasteiger partial charge in [-0.2, -0.15) is 0 Å². The van der Waals surface area contributed by atoms with E-state index in [1.165, 1.54) is 18.4 Å². The Morgan fingerprint density at radius 1 is 1.19 bits per heavy atom. The van der Waals surface area contributed by atoms with Crippen LogP contribution in [0.15, 0.2) is 40.8 Å². The summed E-state index contributed by atoms with van der Waals surface area (Å²) >= 11 is 1.54. The summed E-state index contributed by atoms with van der Waals surface area (Å²) in [5.74, 6) is 0.419. The van der Waals surface area contributed by atoms with Gasteiger partial charge in [0.1, 0.15) is 0 Å². The van der Waals surface area contributed by atoms with Gasteiger partial charge in [0.15, 0.2) is 16.5 Å². The Morgan fingerprint density at radius 3 is 2.69 bits per heavy atom. The third kappa shape index (κ3) is 3.10. The second-order valence-corrected chi connectivity index (χ2v) is 7.27. The van der Waals surface area contributed by atoms with E-state index in [9.17, 15) is 9.59 Å². The fourth-order valence-corrected chi connectivity index (χ4v) is 4.11. The van der Waals surface area contributed by atoms with Crippen molar-refractivity contribution in [1.29, 1.82) is 0 Å². The molecular weight excluding hydrogens is 352 g/mol. The molecule has 6 nitrogen and oxygen atoms in total. The highest BCUT2D eigenvalue weighted by atomic mass is 32.1. The van der Waals surface area contributed by atoms with Crippen molar-refractivity contribution < 1.29 is 18.7 Å². The van der Waals surface area contributed by atoms with Crippen LogP contribution in [-0.2, 0) is 9.53 Å². The molecule has 0 radical (unpaired) electrons. The Kier molecular flexibility index (Phi) is 4.46. The number of thiazole rings is 1. The Bertz CT molecular complexity index is 920. The van der Waals surface area contributed by atoms with Gasteiger partial charge in [0.25, 0.3) is 5.91 Å². The number of likely N-dealkylation sites (tertiary alicyclic amines) is 1. The minimum absolute atomic E-state index is 0.126. The number of fused-ring (bicyclic) bond motifs is 1. The second-order valence-electron chi connectivity index (χ2n) is 6.24. The Hall–Kier alpha value is -2.67. The highest BCUT2D eigenvalue weighted by Crippen LogP contribution is 2.31. The second kappa shape index (κ2) is 6.92. The van der Waals surface area contributed by atoms with Gasteiger partial charge >= 0.3 is 5.97 Å². The Balaban J connectivity index is 1.47. The number of furan rings is 1. The van der Waals surface area contributed by atoms with E-state index in [1.54, 1.807) is 17.0 Å². The van der Waals surface area contributed by atoms with Crippen LogP contribution in [0.25, 0.3) is 21.0 Å². The van der Waals surface area contributed by atoms with Gasteiger partial charge in [-0.25, -0.2) is 4.98 Å². The predicted molar refractivity (Wildman–Crippen MR) is 98.0 cm³/mol. The molecule has 3 heterocycles. The van der Waals surface area contributed by atoms with Crippen molar-refractivity contribution in [3.63, 3.8) is 0 Å². The molecule has 1 fully saturated rings. The van der Waals surface area contributed by atoms with Crippen LogP contribution in [0.3, 0.4) is 0 Å². The van der Waals surface area contributed by atoms with E-state index < -0.39 is 0 Å². The van der Waals surface area contributed by atoms with Crippen LogP contribution in [0.1, 0.15) is 23.4 Å². The molecule has 0 bridgehead atoms. The van der Waals surface area contributed by atoms with Crippen molar-refractivity contribution in [3.05, 3.63) is 42.2 Å². The topological polar surface area (TPSA) is 72.6 Å². The molecule has 3 aromatic rings. The number of amides is 1. The van der Waals surface area contributed by atoms with E-state index in [-0.39, 0.29) is 17.8 Å². The molecule has 26 heavy (non-hydrogen) atoms. The van der Waals surface area contributed by atoms with Gasteiger partial charge in [0.05, 0.1) is 23.2 Å². The standard InChI is InChI=1S/C19H18N2O4S/c1-24-19(23)12-8-10-21(11-9-12)18(22)15-7-6-14(25-15)17-20-13-4-2-3-5-16(13)26-17/h2-7,12H,8-11H2,1H3. The summed E-state index contributed by atoms with van der Waals surface area (Å²) in [6, 6.07) is 11.4. The molecular formula is C19H18N2O4S. The number of rotatable bonds is 3. The largest absolute Gasteiger partial charge is 0.469 e. The number of piperidine rings is 1. The number of nitrogens with zero attached hydrogens (tertiary/aromatic N) is 2. The van der Waals surface area contributed by atoms with Gasteiger partial charge in [-0.3, -0.25) is 9.59 Å². The maximum Gasteiger partial charge on any atom is 0.308 e. The lowest BCUT2D eigenvalue weighted by Crippen LogP contribution is -2.40. The molecule has 1 aromatic carbocycles. The van der Waals surface area contributed by atoms with Gasteiger partial charge in [-0.1, -0.05) is 12.1 Å². The summed E-state index contributed by atoms with van der Waals surface area (Å²) in [4.78, 5) is 30.5. The van der Waals surface area contributed by atoms with Crippen LogP contribution >= 0.6 is 11.3 Å². The van der Waals surface area contributed by atoms with Crippen molar-refractivity contribution in [3.8, 4) is 10.8 Å². The maximum atomic E-state index is 12.7. The summed E-state index contributed by atoms with van der Waals surface area (Å²) < 4.78 is 11.6. The number of ether oxygens (including phenoxy) is 1. The summed E-state index contributed by atoms with van der Waals surface area (Å²) in [5, 5.41) is 0.759. The zero-order valence-corrected chi connectivity index (χ0v) is 15.1. The van der Waals surface area contributed by atoms with Crippen LogP contribution < -0.4 is 0 Å². The van der Waals surface area contributed by atoms with E-state index in [2.05, 4.69) is 4.98 Å². The average Bonchev–Trinajstić information content (AvgIpc) is 3.33. The molecule has 2 aromatic heterocycles. The molecule has 0 unspecified atom stereocenters. The van der Waals surface area contributed by atoms with Crippen molar-refractivity contribution in [2.75, 3.05) is 20.2 Å². The zero-order chi connectivity index (χ0) is 18.1. The lowest BCUT2D eigenvalue weighted by atomic mass is 9.97. The Morgan fingerprint density at radius 2 is 1.96 bits per heavy atom. The molecule has 7 heteroatoms. The van der Waals surface area contributed by atoms with Gasteiger partial charge in [-0.05, 0) is 37.1 Å². The molecule has 4 rings (SSSR count). The molecule has 1 aliphatic heterocycles. The third-order valence-corrected chi connectivity index (χ3v) is 5.69. The SMILES string of the molecule is COC(=O)C1CCN(C(=O)c2ccc(-c3nc4ccccc4s3)o2)CC1. The van der Waals surface area contributed by atoms with Crippen molar-refractivity contribution in [2.24, 2.45) is 5.92 Å². The molecule has 0 aliphatic carbocycles. The molecule has 134 valence electrons. The first-order chi connectivity index (χ1) is 12.7. The number of carbonyl (C=O) groups is 2. The molecule has 0 spiro atoms. The third-order valence-electron chi connectivity index (χ3n) is 4.64. The first-order valence-corrected chi connectivity index (χ1v) is 9.30. The minimum Gasteiger partial charge on any atom is -0.469 e. The average molecular weight is 370 g/mol. The van der Waals surface area contributed by atoms with Crippen LogP contribution in [-0.4, -0.2) is 42.0 Å². The molecule has 0 atom stereocenters. The number of carbonyl (C=O) groups excluding carboxylic acids is 2. The quantitative estimate of drug-likeness (QED) is 0.659. The van der Waals surface area contributed by atoms with Gasteiger partial charge in [0, 0.05) is 13.1 Å². The van der Waals surface area contributed by atoms with E-state index in [4.69, 9.17) is 9.15 Å². The normalized spacial score (nSPS) is 15.3. The maximum absolute atomic E-state index is 12.7. The molecule has 1 amide bonds. The number of para-hydroxylation sites is 1. The Labute approximate surface area is 154 Å². The number of hydrogen-bond acceptors (Lipinski definition) is 6. The van der Waals surface area contributed by atoms with E-state index in [0.29, 0.717) is 37.5 Å². The lowest BCUT2D eigenvalue weighted by molar-refractivity contribution is -0.146. The molecule has 1 saturated heterocycles. The summed E-state index contributed by atoms with van der Waals surface area (Å²) in [6.45, 7) is 1.05. The van der Waals surface area contributed by atoms with Crippen molar-refractivity contribution in [2.45, 2.75) is 12.8 Å². The van der Waals surface area contributed by atoms with E-state index in [1.807, 2.05) is 24.3 Å². The number of hydrogen-bond donors (Lipinski definition) is 0. The molecule has 0 N–H and O–H groups in total. The smallest absolute Gasteiger partial charge is 0.308 e. The number of benzene rings is 1. The van der Waals surface area contributed by atoms with Crippen LogP contribution in [0.2, 0.25) is 0 Å². The minimum atomic E-state index is -0.201. The fraction of sp³-hybridized carbons (Fsp3) is 0.316. The summed E-state index contributed by atoms with van der Waals surface area (Å²) in [5.41, 5.74) is 0.918. The molecule has 0 saturated carbocycles. The van der Waals surface area contributed by atoms with E-state index >= 15 is 0 Å². The lowest BCUT2D eigenvalue weighted by Gasteiger charge is -2.30. The number of esters is 1. The van der Waals surface area contributed by atoms with Crippen molar-refractivity contribution >= 4 is 33.4 Å². The number of methoxy groups -OCH3 is 1. The predicted octanol–water partition coefficient (Wildman–Crippen LogP) is 3.58. The summed E-state index contributed by atoms with van der Waals surface area (Å²) in [7, 11) is 1.40. The highest BCUT2D eigenvalue weighted by Gasteiger charge is 2.29. The highest BCUT2D eigenvalue weighted by molar-refractivity contribution is 7.21. The fourth-order valence-electron chi connectivity index (χ4n) is 3.19.